The van der Waals surface area contributed by atoms with Crippen molar-refractivity contribution in [2.45, 2.75) is 53.0 Å². The molecule has 0 unspecified atom stereocenters. The fourth-order valence-corrected chi connectivity index (χ4v) is 2.45. The van der Waals surface area contributed by atoms with E-state index in [4.69, 9.17) is 5.73 Å². The number of benzene rings is 1. The summed E-state index contributed by atoms with van der Waals surface area (Å²) < 4.78 is 0. The Bertz CT molecular complexity index is 507. The van der Waals surface area contributed by atoms with Crippen LogP contribution in [0.15, 0.2) is 29.3 Å². The zero-order chi connectivity index (χ0) is 17.8. The molecule has 0 saturated heterocycles. The molecule has 5 nitrogen and oxygen atoms in total. The molecule has 1 aromatic rings. The first-order valence-electron chi connectivity index (χ1n) is 9.04. The minimum Gasteiger partial charge on any atom is -0.370 e. The third-order valence-corrected chi connectivity index (χ3v) is 4.02. The summed E-state index contributed by atoms with van der Waals surface area (Å²) in [6.07, 6.45) is 4.83. The topological polar surface area (TPSA) is 70.7 Å². The number of amides is 1. The molecule has 3 N–H and O–H groups in total. The van der Waals surface area contributed by atoms with E-state index in [1.807, 2.05) is 43.0 Å². The van der Waals surface area contributed by atoms with Crippen LogP contribution in [-0.4, -0.2) is 36.4 Å². The number of nitrogens with one attached hydrogen (secondary N) is 1. The van der Waals surface area contributed by atoms with Gasteiger partial charge in [0, 0.05) is 25.2 Å². The standard InChI is InChI=1S/C19H32N4O/c1-4-7-8-9-14-21-19(20)22-15-16-10-12-17(13-11-16)18(24)23(5-2)6-3/h10-13H,4-9,14-15H2,1-3H3,(H3,20,21,22). The molecule has 0 saturated carbocycles. The average molecular weight is 332 g/mol. The van der Waals surface area contributed by atoms with Crippen molar-refractivity contribution in [2.24, 2.45) is 10.7 Å². The molecule has 5 heteroatoms. The van der Waals surface area contributed by atoms with E-state index in [1.165, 1.54) is 19.3 Å². The maximum absolute atomic E-state index is 12.2. The normalized spacial score (nSPS) is 11.4. The van der Waals surface area contributed by atoms with Gasteiger partial charge in [-0.3, -0.25) is 4.79 Å². The van der Waals surface area contributed by atoms with Gasteiger partial charge in [0.1, 0.15) is 0 Å². The second-order valence-corrected chi connectivity index (χ2v) is 5.86. The van der Waals surface area contributed by atoms with E-state index in [9.17, 15) is 4.79 Å². The number of unbranched alkanes of at least 4 members (excludes halogenated alkanes) is 3. The molecule has 0 fully saturated rings. The molecule has 24 heavy (non-hydrogen) atoms. The first-order valence-corrected chi connectivity index (χ1v) is 9.04. The Balaban J connectivity index is 2.46. The molecule has 0 heterocycles. The quantitative estimate of drug-likeness (QED) is 0.393. The van der Waals surface area contributed by atoms with Crippen LogP contribution in [0.4, 0.5) is 0 Å². The predicted octanol–water partition coefficient (Wildman–Crippen LogP) is 3.15. The average Bonchev–Trinajstić information content (AvgIpc) is 2.61. The molecule has 0 atom stereocenters. The van der Waals surface area contributed by atoms with Crippen LogP contribution in [-0.2, 0) is 6.54 Å². The lowest BCUT2D eigenvalue weighted by Gasteiger charge is -2.18. The van der Waals surface area contributed by atoms with Gasteiger partial charge in [-0.15, -0.1) is 0 Å². The first-order chi connectivity index (χ1) is 11.6. The third kappa shape index (κ3) is 7.02. The lowest BCUT2D eigenvalue weighted by Crippen LogP contribution is -2.32. The largest absolute Gasteiger partial charge is 0.370 e. The highest BCUT2D eigenvalue weighted by atomic mass is 16.2. The Morgan fingerprint density at radius 2 is 1.75 bits per heavy atom. The second kappa shape index (κ2) is 11.5. The number of hydrogen-bond acceptors (Lipinski definition) is 2. The van der Waals surface area contributed by atoms with Crippen molar-refractivity contribution in [2.75, 3.05) is 19.6 Å². The van der Waals surface area contributed by atoms with Gasteiger partial charge in [0.25, 0.3) is 5.91 Å². The van der Waals surface area contributed by atoms with Crippen molar-refractivity contribution < 1.29 is 4.79 Å². The highest BCUT2D eigenvalue weighted by Crippen LogP contribution is 2.09. The van der Waals surface area contributed by atoms with E-state index in [0.29, 0.717) is 18.1 Å². The summed E-state index contributed by atoms with van der Waals surface area (Å²) in [4.78, 5) is 18.4. The zero-order valence-electron chi connectivity index (χ0n) is 15.3. The van der Waals surface area contributed by atoms with Gasteiger partial charge in [0.05, 0.1) is 6.54 Å². The summed E-state index contributed by atoms with van der Waals surface area (Å²) in [5, 5.41) is 3.14. The molecule has 0 bridgehead atoms. The maximum Gasteiger partial charge on any atom is 0.253 e. The smallest absolute Gasteiger partial charge is 0.253 e. The maximum atomic E-state index is 12.2. The summed E-state index contributed by atoms with van der Waals surface area (Å²) in [5.41, 5.74) is 7.63. The lowest BCUT2D eigenvalue weighted by molar-refractivity contribution is 0.0773. The summed E-state index contributed by atoms with van der Waals surface area (Å²) in [6, 6.07) is 7.60. The molecule has 1 amide bonds. The SMILES string of the molecule is CCCCCCNC(N)=NCc1ccc(C(=O)N(CC)CC)cc1. The van der Waals surface area contributed by atoms with Crippen molar-refractivity contribution in [1.82, 2.24) is 10.2 Å². The predicted molar refractivity (Wildman–Crippen MR) is 101 cm³/mol. The number of carbonyl (C=O) groups is 1. The van der Waals surface area contributed by atoms with Gasteiger partial charge >= 0.3 is 0 Å². The molecule has 134 valence electrons. The molecule has 1 rings (SSSR count). The van der Waals surface area contributed by atoms with Gasteiger partial charge in [0.15, 0.2) is 5.96 Å². The number of hydrogen-bond donors (Lipinski definition) is 2. The van der Waals surface area contributed by atoms with Crippen molar-refractivity contribution in [3.63, 3.8) is 0 Å². The molecule has 0 aliphatic rings. The van der Waals surface area contributed by atoms with Gasteiger partial charge in [-0.05, 0) is 38.0 Å². The highest BCUT2D eigenvalue weighted by Gasteiger charge is 2.11. The van der Waals surface area contributed by atoms with Gasteiger partial charge in [-0.1, -0.05) is 38.3 Å². The Labute approximate surface area is 146 Å². The summed E-state index contributed by atoms with van der Waals surface area (Å²) in [7, 11) is 0. The third-order valence-electron chi connectivity index (χ3n) is 4.02. The Kier molecular flexibility index (Phi) is 9.58. The molecular weight excluding hydrogens is 300 g/mol. The highest BCUT2D eigenvalue weighted by molar-refractivity contribution is 5.94. The number of nitrogens with two attached hydrogens (primary N) is 1. The molecular formula is C19H32N4O. The number of rotatable bonds is 10. The Morgan fingerprint density at radius 1 is 1.08 bits per heavy atom. The van der Waals surface area contributed by atoms with E-state index in [-0.39, 0.29) is 5.91 Å². The number of guanidine groups is 1. The van der Waals surface area contributed by atoms with Crippen LogP contribution in [0, 0.1) is 0 Å². The summed E-state index contributed by atoms with van der Waals surface area (Å²) >= 11 is 0. The van der Waals surface area contributed by atoms with E-state index in [2.05, 4.69) is 17.2 Å². The zero-order valence-corrected chi connectivity index (χ0v) is 15.3. The van der Waals surface area contributed by atoms with E-state index >= 15 is 0 Å². The first kappa shape index (κ1) is 20.0. The van der Waals surface area contributed by atoms with Crippen LogP contribution in [0.5, 0.6) is 0 Å². The van der Waals surface area contributed by atoms with E-state index in [0.717, 1.165) is 31.6 Å². The van der Waals surface area contributed by atoms with Crippen LogP contribution in [0.25, 0.3) is 0 Å². The van der Waals surface area contributed by atoms with Crippen LogP contribution in [0.1, 0.15) is 62.4 Å². The number of carbonyl (C=O) groups excluding carboxylic acids is 1. The van der Waals surface area contributed by atoms with Crippen molar-refractivity contribution >= 4 is 11.9 Å². The van der Waals surface area contributed by atoms with Crippen LogP contribution in [0.3, 0.4) is 0 Å². The van der Waals surface area contributed by atoms with Crippen molar-refractivity contribution in [3.05, 3.63) is 35.4 Å². The fraction of sp³-hybridized carbons (Fsp3) is 0.579. The van der Waals surface area contributed by atoms with Crippen LogP contribution in [0.2, 0.25) is 0 Å². The summed E-state index contributed by atoms with van der Waals surface area (Å²) in [5.74, 6) is 0.554. The van der Waals surface area contributed by atoms with Crippen LogP contribution < -0.4 is 11.1 Å². The molecule has 0 spiro atoms. The number of aliphatic imine (C=N–C) groups is 1. The van der Waals surface area contributed by atoms with E-state index < -0.39 is 0 Å². The Hall–Kier alpha value is -2.04. The van der Waals surface area contributed by atoms with Crippen LogP contribution >= 0.6 is 0 Å². The van der Waals surface area contributed by atoms with Gasteiger partial charge < -0.3 is 16.0 Å². The minimum atomic E-state index is 0.0725. The molecule has 0 radical (unpaired) electrons. The van der Waals surface area contributed by atoms with Gasteiger partial charge in [-0.25, -0.2) is 4.99 Å². The van der Waals surface area contributed by atoms with Crippen molar-refractivity contribution in [3.8, 4) is 0 Å². The van der Waals surface area contributed by atoms with Gasteiger partial charge in [-0.2, -0.15) is 0 Å². The molecule has 0 aliphatic carbocycles. The molecule has 0 aromatic heterocycles. The molecule has 0 aliphatic heterocycles. The Morgan fingerprint density at radius 3 is 2.33 bits per heavy atom. The monoisotopic (exact) mass is 332 g/mol. The van der Waals surface area contributed by atoms with E-state index in [1.54, 1.807) is 0 Å². The molecule has 1 aromatic carbocycles. The lowest BCUT2D eigenvalue weighted by atomic mass is 10.1. The fourth-order valence-electron chi connectivity index (χ4n) is 2.45. The minimum absolute atomic E-state index is 0.0725. The second-order valence-electron chi connectivity index (χ2n) is 5.86. The summed E-state index contributed by atoms with van der Waals surface area (Å²) in [6.45, 7) is 9.01. The van der Waals surface area contributed by atoms with Crippen molar-refractivity contribution in [1.29, 1.82) is 0 Å². The number of nitrogens with zero attached hydrogens (tertiary/aromatic N) is 2. The van der Waals surface area contributed by atoms with Gasteiger partial charge in [0.2, 0.25) is 0 Å².